The van der Waals surface area contributed by atoms with Crippen LogP contribution in [0.25, 0.3) is 0 Å². The molecule has 0 unspecified atom stereocenters. The van der Waals surface area contributed by atoms with Gasteiger partial charge in [-0.1, -0.05) is 31.0 Å². The molecule has 0 saturated heterocycles. The number of carbonyl (C=O) groups is 1. The Balaban J connectivity index is 2.00. The Kier molecular flexibility index (Phi) is 6.75. The van der Waals surface area contributed by atoms with Gasteiger partial charge in [0.15, 0.2) is 0 Å². The Labute approximate surface area is 145 Å². The lowest BCUT2D eigenvalue weighted by Gasteiger charge is -2.31. The molecule has 1 aromatic rings. The van der Waals surface area contributed by atoms with Crippen LogP contribution in [0.1, 0.15) is 37.3 Å². The second-order valence-electron chi connectivity index (χ2n) is 7.07. The Morgan fingerprint density at radius 1 is 1.12 bits per heavy atom. The second kappa shape index (κ2) is 8.58. The van der Waals surface area contributed by atoms with E-state index in [4.69, 9.17) is 0 Å². The van der Waals surface area contributed by atoms with E-state index in [-0.39, 0.29) is 11.7 Å². The predicted molar refractivity (Wildman–Crippen MR) is 95.4 cm³/mol. The molecule has 0 spiro atoms. The summed E-state index contributed by atoms with van der Waals surface area (Å²) in [5, 5.41) is 0. The van der Waals surface area contributed by atoms with E-state index in [0.717, 1.165) is 6.54 Å². The molecule has 0 bridgehead atoms. The Bertz CT molecular complexity index is 543. The van der Waals surface area contributed by atoms with Crippen LogP contribution < -0.4 is 0 Å². The van der Waals surface area contributed by atoms with Gasteiger partial charge >= 0.3 is 0 Å². The molecule has 0 aromatic heterocycles. The molecular weight excluding hydrogens is 305 g/mol. The van der Waals surface area contributed by atoms with Gasteiger partial charge in [0.05, 0.1) is 0 Å². The van der Waals surface area contributed by atoms with Crippen molar-refractivity contribution in [3.8, 4) is 0 Å². The topological polar surface area (TPSA) is 26.8 Å². The summed E-state index contributed by atoms with van der Waals surface area (Å²) in [6.07, 6.45) is 5.12. The first-order chi connectivity index (χ1) is 11.4. The Hall–Kier alpha value is -1.46. The van der Waals surface area contributed by atoms with Gasteiger partial charge in [-0.05, 0) is 40.1 Å². The van der Waals surface area contributed by atoms with Gasteiger partial charge in [0, 0.05) is 31.7 Å². The van der Waals surface area contributed by atoms with Crippen molar-refractivity contribution in [2.24, 2.45) is 0 Å². The minimum absolute atomic E-state index is 0.0649. The van der Waals surface area contributed by atoms with Crippen LogP contribution in [0, 0.1) is 5.82 Å². The van der Waals surface area contributed by atoms with Crippen LogP contribution in [0.5, 0.6) is 0 Å². The monoisotopic (exact) mass is 335 g/mol. The molecule has 134 valence electrons. The fraction of sp³-hybridized carbons (Fsp3) is 0.632. The molecule has 5 heteroatoms. The first kappa shape index (κ1) is 18.9. The van der Waals surface area contributed by atoms with Gasteiger partial charge in [-0.25, -0.2) is 4.39 Å². The van der Waals surface area contributed by atoms with Gasteiger partial charge in [-0.3, -0.25) is 9.69 Å². The standard InChI is InChI=1S/C19H30FN3O/c1-21(2)18(16-11-7-8-12-17(16)20)19(24)23(4)14-13-22(3)15-9-5-6-10-15/h7-8,11-12,15,18H,5-6,9-10,13-14H2,1-4H3/t18-/m1/s1. The maximum atomic E-state index is 14.1. The molecule has 4 nitrogen and oxygen atoms in total. The molecule has 1 saturated carbocycles. The maximum absolute atomic E-state index is 14.1. The van der Waals surface area contributed by atoms with Crippen molar-refractivity contribution in [1.82, 2.24) is 14.7 Å². The van der Waals surface area contributed by atoms with E-state index in [1.54, 1.807) is 28.0 Å². The van der Waals surface area contributed by atoms with Crippen molar-refractivity contribution in [3.05, 3.63) is 35.6 Å². The molecule has 0 aliphatic heterocycles. The molecular formula is C19H30FN3O. The summed E-state index contributed by atoms with van der Waals surface area (Å²) in [7, 11) is 7.57. The van der Waals surface area contributed by atoms with Gasteiger partial charge in [-0.2, -0.15) is 0 Å². The Morgan fingerprint density at radius 2 is 1.75 bits per heavy atom. The summed E-state index contributed by atoms with van der Waals surface area (Å²) in [5.74, 6) is -0.397. The number of hydrogen-bond donors (Lipinski definition) is 0. The first-order valence-electron chi connectivity index (χ1n) is 8.78. The van der Waals surface area contributed by atoms with Crippen LogP contribution in [0.3, 0.4) is 0 Å². The van der Waals surface area contributed by atoms with E-state index in [2.05, 4.69) is 11.9 Å². The van der Waals surface area contributed by atoms with Crippen LogP contribution in [0.15, 0.2) is 24.3 Å². The normalized spacial score (nSPS) is 16.8. The van der Waals surface area contributed by atoms with E-state index in [1.165, 1.54) is 31.7 Å². The third kappa shape index (κ3) is 4.54. The largest absolute Gasteiger partial charge is 0.343 e. The van der Waals surface area contributed by atoms with Crippen molar-refractivity contribution in [2.45, 2.75) is 37.8 Å². The highest BCUT2D eigenvalue weighted by atomic mass is 19.1. The minimum atomic E-state index is -0.590. The number of hydrogen-bond acceptors (Lipinski definition) is 3. The van der Waals surface area contributed by atoms with Crippen molar-refractivity contribution < 1.29 is 9.18 Å². The van der Waals surface area contributed by atoms with Crippen LogP contribution in [-0.2, 0) is 4.79 Å². The number of likely N-dealkylation sites (N-methyl/N-ethyl adjacent to an activating group) is 3. The number of amides is 1. The lowest BCUT2D eigenvalue weighted by molar-refractivity contribution is -0.135. The zero-order valence-corrected chi connectivity index (χ0v) is 15.3. The van der Waals surface area contributed by atoms with E-state index in [1.807, 2.05) is 21.1 Å². The van der Waals surface area contributed by atoms with E-state index in [9.17, 15) is 9.18 Å². The second-order valence-corrected chi connectivity index (χ2v) is 7.07. The van der Waals surface area contributed by atoms with E-state index >= 15 is 0 Å². The SMILES string of the molecule is CN(CCN(C)C1CCCC1)C(=O)[C@@H](c1ccccc1F)N(C)C. The van der Waals surface area contributed by atoms with Gasteiger partial charge in [-0.15, -0.1) is 0 Å². The van der Waals surface area contributed by atoms with E-state index < -0.39 is 6.04 Å². The van der Waals surface area contributed by atoms with Crippen LogP contribution in [0.4, 0.5) is 4.39 Å². The molecule has 0 heterocycles. The average molecular weight is 335 g/mol. The Morgan fingerprint density at radius 3 is 2.33 bits per heavy atom. The van der Waals surface area contributed by atoms with Gasteiger partial charge < -0.3 is 9.80 Å². The van der Waals surface area contributed by atoms with Gasteiger partial charge in [0.2, 0.25) is 5.91 Å². The molecule has 1 fully saturated rings. The molecule has 0 N–H and O–H groups in total. The lowest BCUT2D eigenvalue weighted by atomic mass is 10.0. The van der Waals surface area contributed by atoms with Crippen LogP contribution in [0.2, 0.25) is 0 Å². The molecule has 1 amide bonds. The highest BCUT2D eigenvalue weighted by molar-refractivity contribution is 5.83. The van der Waals surface area contributed by atoms with Gasteiger partial charge in [0.25, 0.3) is 0 Å². The summed E-state index contributed by atoms with van der Waals surface area (Å²) < 4.78 is 14.1. The highest BCUT2D eigenvalue weighted by Gasteiger charge is 2.28. The average Bonchev–Trinajstić information content (AvgIpc) is 3.08. The molecule has 2 rings (SSSR count). The zero-order chi connectivity index (χ0) is 17.7. The summed E-state index contributed by atoms with van der Waals surface area (Å²) >= 11 is 0. The van der Waals surface area contributed by atoms with Crippen LogP contribution in [-0.4, -0.2) is 67.9 Å². The van der Waals surface area contributed by atoms with Crippen LogP contribution >= 0.6 is 0 Å². The molecule has 24 heavy (non-hydrogen) atoms. The first-order valence-corrected chi connectivity index (χ1v) is 8.78. The summed E-state index contributed by atoms with van der Waals surface area (Å²) in [5.41, 5.74) is 0.434. The number of benzene rings is 1. The van der Waals surface area contributed by atoms with Crippen molar-refractivity contribution in [2.75, 3.05) is 41.3 Å². The van der Waals surface area contributed by atoms with Gasteiger partial charge in [0.1, 0.15) is 11.9 Å². The summed E-state index contributed by atoms with van der Waals surface area (Å²) in [4.78, 5) is 18.7. The third-order valence-electron chi connectivity index (χ3n) is 5.06. The minimum Gasteiger partial charge on any atom is -0.343 e. The predicted octanol–water partition coefficient (Wildman–Crippen LogP) is 2.76. The molecule has 1 aliphatic carbocycles. The number of nitrogens with zero attached hydrogens (tertiary/aromatic N) is 3. The van der Waals surface area contributed by atoms with Crippen molar-refractivity contribution >= 4 is 5.91 Å². The van der Waals surface area contributed by atoms with E-state index in [0.29, 0.717) is 18.2 Å². The number of carbonyl (C=O) groups excluding carboxylic acids is 1. The van der Waals surface area contributed by atoms with Crippen molar-refractivity contribution in [3.63, 3.8) is 0 Å². The molecule has 1 atom stereocenters. The zero-order valence-electron chi connectivity index (χ0n) is 15.3. The fourth-order valence-corrected chi connectivity index (χ4v) is 3.48. The highest BCUT2D eigenvalue weighted by Crippen LogP contribution is 2.24. The van der Waals surface area contributed by atoms with Crippen molar-refractivity contribution in [1.29, 1.82) is 0 Å². The quantitative estimate of drug-likeness (QED) is 0.767. The fourth-order valence-electron chi connectivity index (χ4n) is 3.48. The summed E-state index contributed by atoms with van der Waals surface area (Å²) in [6, 6.07) is 6.58. The number of halogens is 1. The number of rotatable bonds is 7. The molecule has 0 radical (unpaired) electrons. The third-order valence-corrected chi connectivity index (χ3v) is 5.06. The molecule has 1 aliphatic rings. The maximum Gasteiger partial charge on any atom is 0.244 e. The summed E-state index contributed by atoms with van der Waals surface area (Å²) in [6.45, 7) is 1.51. The smallest absolute Gasteiger partial charge is 0.244 e. The molecule has 1 aromatic carbocycles. The lowest BCUT2D eigenvalue weighted by Crippen LogP contribution is -2.43.